The van der Waals surface area contributed by atoms with Gasteiger partial charge < -0.3 is 10.4 Å². The van der Waals surface area contributed by atoms with Crippen molar-refractivity contribution in [3.05, 3.63) is 76.0 Å². The zero-order chi connectivity index (χ0) is 26.5. The molecule has 0 aromatic heterocycles. The number of carbonyl (C=O) groups is 2. The zero-order valence-corrected chi connectivity index (χ0v) is 22.4. The molecule has 1 unspecified atom stereocenters. The molecule has 1 atom stereocenters. The lowest BCUT2D eigenvalue weighted by Gasteiger charge is -2.45. The maximum absolute atomic E-state index is 13.8. The molecule has 0 bridgehead atoms. The molecular weight excluding hydrogens is 464 g/mol. The van der Waals surface area contributed by atoms with Crippen molar-refractivity contribution in [3.8, 4) is 0 Å². The first kappa shape index (κ1) is 26.8. The van der Waals surface area contributed by atoms with Gasteiger partial charge in [-0.3, -0.25) is 13.9 Å². The van der Waals surface area contributed by atoms with E-state index in [1.165, 1.54) is 0 Å². The van der Waals surface area contributed by atoms with Crippen LogP contribution in [0.5, 0.6) is 0 Å². The molecule has 7 nitrogen and oxygen atoms in total. The molecule has 2 aromatic carbocycles. The Hall–Kier alpha value is -2.81. The SMILES string of the molecule is Cc1cc(C)c(C(NC2=C(c3ccccc3)S(O)(O)N(C(C)(C)C)C2=O)(C(=O)O)C(C)C)c(C)c1. The van der Waals surface area contributed by atoms with Gasteiger partial charge in [-0.05, 0) is 64.2 Å². The second kappa shape index (κ2) is 9.00. The summed E-state index contributed by atoms with van der Waals surface area (Å²) in [5.74, 6) is -2.30. The van der Waals surface area contributed by atoms with Gasteiger partial charge >= 0.3 is 5.97 Å². The number of carbonyl (C=O) groups excluding carboxylic acids is 1. The quantitative estimate of drug-likeness (QED) is 0.398. The number of nitrogens with one attached hydrogen (secondary N) is 1. The smallest absolute Gasteiger partial charge is 0.334 e. The highest BCUT2D eigenvalue weighted by atomic mass is 32.3. The summed E-state index contributed by atoms with van der Waals surface area (Å²) in [6, 6.07) is 12.5. The Bertz CT molecular complexity index is 1170. The second-order valence-electron chi connectivity index (χ2n) is 10.5. The van der Waals surface area contributed by atoms with Crippen LogP contribution in [0.4, 0.5) is 0 Å². The van der Waals surface area contributed by atoms with Crippen LogP contribution in [-0.2, 0) is 15.1 Å². The van der Waals surface area contributed by atoms with E-state index in [1.807, 2.05) is 32.9 Å². The van der Waals surface area contributed by atoms with Gasteiger partial charge in [-0.25, -0.2) is 9.10 Å². The number of aryl methyl sites for hydroxylation is 3. The van der Waals surface area contributed by atoms with E-state index in [1.54, 1.807) is 65.0 Å². The normalized spacial score (nSPS) is 18.6. The maximum Gasteiger partial charge on any atom is 0.334 e. The first-order valence-corrected chi connectivity index (χ1v) is 13.1. The van der Waals surface area contributed by atoms with E-state index in [-0.39, 0.29) is 10.6 Å². The third-order valence-corrected chi connectivity index (χ3v) is 8.61. The number of amides is 1. The lowest BCUT2D eigenvalue weighted by molar-refractivity contribution is -0.147. The van der Waals surface area contributed by atoms with Crippen molar-refractivity contribution >= 4 is 27.6 Å². The Kier molecular flexibility index (Phi) is 6.89. The summed E-state index contributed by atoms with van der Waals surface area (Å²) in [5, 5.41) is 13.8. The molecule has 0 aliphatic carbocycles. The summed E-state index contributed by atoms with van der Waals surface area (Å²) in [7, 11) is -3.76. The summed E-state index contributed by atoms with van der Waals surface area (Å²) in [6.07, 6.45) is 0. The van der Waals surface area contributed by atoms with Crippen LogP contribution in [0.25, 0.3) is 4.91 Å². The molecule has 3 rings (SSSR count). The van der Waals surface area contributed by atoms with Crippen LogP contribution < -0.4 is 5.32 Å². The summed E-state index contributed by atoms with van der Waals surface area (Å²) in [6.45, 7) is 14.4. The van der Waals surface area contributed by atoms with Crippen molar-refractivity contribution < 1.29 is 23.8 Å². The molecule has 0 spiro atoms. The van der Waals surface area contributed by atoms with Crippen molar-refractivity contribution in [1.29, 1.82) is 0 Å². The summed E-state index contributed by atoms with van der Waals surface area (Å²) >= 11 is 0. The molecule has 0 fully saturated rings. The largest absolute Gasteiger partial charge is 0.479 e. The van der Waals surface area contributed by atoms with Crippen LogP contribution in [0.15, 0.2) is 48.2 Å². The second-order valence-corrected chi connectivity index (χ2v) is 12.3. The number of rotatable bonds is 6. The highest BCUT2D eigenvalue weighted by Gasteiger charge is 2.54. The molecule has 1 aliphatic heterocycles. The number of hydrogen-bond acceptors (Lipinski definition) is 5. The van der Waals surface area contributed by atoms with Gasteiger partial charge in [0.15, 0.2) is 5.54 Å². The minimum absolute atomic E-state index is 0.00622. The number of benzene rings is 2. The number of hydrogen-bond donors (Lipinski definition) is 4. The Morgan fingerprint density at radius 3 is 1.94 bits per heavy atom. The molecule has 35 heavy (non-hydrogen) atoms. The Balaban J connectivity index is 2.39. The van der Waals surface area contributed by atoms with Crippen LogP contribution in [0.3, 0.4) is 0 Å². The molecule has 0 saturated heterocycles. The third-order valence-electron chi connectivity index (χ3n) is 6.40. The molecular formula is C27H36N2O5S. The van der Waals surface area contributed by atoms with Crippen molar-refractivity contribution in [2.24, 2.45) is 5.92 Å². The monoisotopic (exact) mass is 500 g/mol. The van der Waals surface area contributed by atoms with Gasteiger partial charge in [0, 0.05) is 5.56 Å². The van der Waals surface area contributed by atoms with Crippen molar-refractivity contribution in [2.45, 2.75) is 66.5 Å². The fourth-order valence-electron chi connectivity index (χ4n) is 5.13. The Morgan fingerprint density at radius 2 is 1.51 bits per heavy atom. The standard InChI is InChI=1S/C27H36N2O5S/c1-16(2)27(25(31)32,21-18(4)14-17(3)15-19(21)5)28-22-23(20-12-10-9-11-13-20)35(33,34)29(24(22)30)26(6,7)8/h9-16,28,33-34H,1-8H3,(H,31,32). The zero-order valence-electron chi connectivity index (χ0n) is 21.6. The van der Waals surface area contributed by atoms with E-state index < -0.39 is 39.6 Å². The molecule has 0 saturated carbocycles. The molecule has 8 heteroatoms. The van der Waals surface area contributed by atoms with E-state index in [0.29, 0.717) is 11.1 Å². The van der Waals surface area contributed by atoms with Gasteiger partial charge in [0.1, 0.15) is 10.6 Å². The van der Waals surface area contributed by atoms with Crippen molar-refractivity contribution in [1.82, 2.24) is 9.62 Å². The molecule has 1 aliphatic rings. The Labute approximate surface area is 209 Å². The van der Waals surface area contributed by atoms with E-state index in [9.17, 15) is 23.8 Å². The Morgan fingerprint density at radius 1 is 1.00 bits per heavy atom. The van der Waals surface area contributed by atoms with Gasteiger partial charge in [-0.1, -0.05) is 72.7 Å². The average molecular weight is 501 g/mol. The van der Waals surface area contributed by atoms with Gasteiger partial charge in [0.05, 0.1) is 5.54 Å². The van der Waals surface area contributed by atoms with Crippen LogP contribution in [0, 0.1) is 26.7 Å². The first-order valence-electron chi connectivity index (χ1n) is 11.6. The summed E-state index contributed by atoms with van der Waals surface area (Å²) in [5.41, 5.74) is 0.812. The van der Waals surface area contributed by atoms with E-state index >= 15 is 0 Å². The number of aliphatic carboxylic acids is 1. The number of carboxylic acids is 1. The molecule has 0 radical (unpaired) electrons. The third kappa shape index (κ3) is 4.35. The summed E-state index contributed by atoms with van der Waals surface area (Å²) < 4.78 is 23.9. The summed E-state index contributed by atoms with van der Waals surface area (Å²) in [4.78, 5) is 27.0. The number of carboxylic acid groups (broad SMARTS) is 1. The van der Waals surface area contributed by atoms with Gasteiger partial charge in [0.25, 0.3) is 5.91 Å². The lowest BCUT2D eigenvalue weighted by atomic mass is 9.75. The minimum atomic E-state index is -3.76. The maximum atomic E-state index is 13.8. The minimum Gasteiger partial charge on any atom is -0.479 e. The fraction of sp³-hybridized carbons (Fsp3) is 0.407. The van der Waals surface area contributed by atoms with E-state index in [2.05, 4.69) is 5.32 Å². The highest BCUT2D eigenvalue weighted by molar-refractivity contribution is 8.31. The first-order chi connectivity index (χ1) is 16.1. The highest BCUT2D eigenvalue weighted by Crippen LogP contribution is 2.64. The molecule has 1 heterocycles. The number of nitrogens with zero attached hydrogens (tertiary/aromatic N) is 1. The molecule has 2 aromatic rings. The molecule has 4 N–H and O–H groups in total. The van der Waals surface area contributed by atoms with Crippen LogP contribution in [-0.4, -0.2) is 35.9 Å². The lowest BCUT2D eigenvalue weighted by Crippen LogP contribution is -2.55. The van der Waals surface area contributed by atoms with Crippen LogP contribution in [0.1, 0.15) is 62.4 Å². The van der Waals surface area contributed by atoms with Crippen LogP contribution >= 0.6 is 10.8 Å². The van der Waals surface area contributed by atoms with Gasteiger partial charge in [-0.2, -0.15) is 0 Å². The topological polar surface area (TPSA) is 110 Å². The van der Waals surface area contributed by atoms with Gasteiger partial charge in [0.2, 0.25) is 0 Å². The molecule has 1 amide bonds. The fourth-order valence-corrected chi connectivity index (χ4v) is 7.27. The van der Waals surface area contributed by atoms with Gasteiger partial charge in [-0.15, -0.1) is 0 Å². The predicted octanol–water partition coefficient (Wildman–Crippen LogP) is 5.81. The van der Waals surface area contributed by atoms with Crippen molar-refractivity contribution in [2.75, 3.05) is 0 Å². The van der Waals surface area contributed by atoms with Crippen LogP contribution in [0.2, 0.25) is 0 Å². The average Bonchev–Trinajstić information content (AvgIpc) is 2.90. The predicted molar refractivity (Wildman–Crippen MR) is 141 cm³/mol. The molecule has 190 valence electrons. The van der Waals surface area contributed by atoms with E-state index in [0.717, 1.165) is 21.0 Å². The van der Waals surface area contributed by atoms with E-state index in [4.69, 9.17) is 0 Å². The van der Waals surface area contributed by atoms with Crippen molar-refractivity contribution in [3.63, 3.8) is 0 Å².